The van der Waals surface area contributed by atoms with Gasteiger partial charge in [0.1, 0.15) is 5.82 Å². The number of amides is 1. The Balaban J connectivity index is 0.00000200. The van der Waals surface area contributed by atoms with Crippen molar-refractivity contribution >= 4 is 29.8 Å². The minimum atomic E-state index is -0.255. The monoisotopic (exact) mass is 295 g/mol. The first kappa shape index (κ1) is 16.0. The number of nitrogen functional groups attached to an aromatic ring is 1. The molecule has 0 aliphatic carbocycles. The molecule has 0 radical (unpaired) electrons. The highest BCUT2D eigenvalue weighted by molar-refractivity contribution is 6.02. The molecule has 0 spiro atoms. The highest BCUT2D eigenvalue weighted by atomic mass is 35.5. The molecule has 0 saturated heterocycles. The average molecular weight is 296 g/mol. The summed E-state index contributed by atoms with van der Waals surface area (Å²) in [5.74, 6) is 0.476. The normalized spacial score (nSPS) is 10.2. The van der Waals surface area contributed by atoms with Gasteiger partial charge in [-0.15, -0.1) is 12.4 Å². The van der Waals surface area contributed by atoms with Crippen LogP contribution in [0.4, 0.5) is 11.5 Å². The summed E-state index contributed by atoms with van der Waals surface area (Å²) in [6.07, 6.45) is 1.51. The molecular formula is C13H18ClN5O. The summed E-state index contributed by atoms with van der Waals surface area (Å²) in [5, 5.41) is 6.94. The zero-order chi connectivity index (χ0) is 14.0. The van der Waals surface area contributed by atoms with Gasteiger partial charge < -0.3 is 11.1 Å². The fraction of sp³-hybridized carbons (Fsp3) is 0.308. The van der Waals surface area contributed by atoms with Crippen LogP contribution in [0.5, 0.6) is 0 Å². The van der Waals surface area contributed by atoms with Crippen molar-refractivity contribution in [2.24, 2.45) is 7.05 Å². The van der Waals surface area contributed by atoms with Crippen molar-refractivity contribution in [2.75, 3.05) is 11.1 Å². The number of aryl methyl sites for hydroxylation is 1. The molecule has 0 fully saturated rings. The van der Waals surface area contributed by atoms with Crippen LogP contribution >= 0.6 is 12.4 Å². The Morgan fingerprint density at radius 3 is 2.60 bits per heavy atom. The highest BCUT2D eigenvalue weighted by Gasteiger charge is 2.14. The summed E-state index contributed by atoms with van der Waals surface area (Å²) in [6.45, 7) is 4.12. The highest BCUT2D eigenvalue weighted by Crippen LogP contribution is 2.16. The van der Waals surface area contributed by atoms with E-state index >= 15 is 0 Å². The number of pyridine rings is 1. The topological polar surface area (TPSA) is 85.8 Å². The molecule has 0 atom stereocenters. The molecule has 0 bridgehead atoms. The molecule has 20 heavy (non-hydrogen) atoms. The lowest BCUT2D eigenvalue weighted by Crippen LogP contribution is -2.13. The summed E-state index contributed by atoms with van der Waals surface area (Å²) < 4.78 is 1.72. The number of rotatable bonds is 3. The number of anilines is 2. The molecule has 6 nitrogen and oxygen atoms in total. The number of carbonyl (C=O) groups excluding carboxylic acids is 1. The Kier molecular flexibility index (Phi) is 5.10. The van der Waals surface area contributed by atoms with Gasteiger partial charge in [-0.3, -0.25) is 9.48 Å². The van der Waals surface area contributed by atoms with E-state index in [-0.39, 0.29) is 18.3 Å². The van der Waals surface area contributed by atoms with Crippen LogP contribution in [0, 0.1) is 0 Å². The quantitative estimate of drug-likeness (QED) is 0.909. The molecule has 108 valence electrons. The largest absolute Gasteiger partial charge is 0.384 e. The Morgan fingerprint density at radius 1 is 1.40 bits per heavy atom. The van der Waals surface area contributed by atoms with E-state index in [1.54, 1.807) is 22.9 Å². The minimum Gasteiger partial charge on any atom is -0.384 e. The van der Waals surface area contributed by atoms with Crippen molar-refractivity contribution in [3.63, 3.8) is 0 Å². The maximum Gasteiger partial charge on any atom is 0.276 e. The predicted molar refractivity (Wildman–Crippen MR) is 81.1 cm³/mol. The Hall–Kier alpha value is -2.08. The van der Waals surface area contributed by atoms with Crippen LogP contribution < -0.4 is 11.1 Å². The van der Waals surface area contributed by atoms with E-state index < -0.39 is 0 Å². The standard InChI is InChI=1S/C13H17N5O.ClH/c1-8(2)11-6-10(17-18(11)3)13(19)16-9-4-5-12(14)15-7-9;/h4-8H,1-3H3,(H2,14,15)(H,16,19);1H. The van der Waals surface area contributed by atoms with Crippen molar-refractivity contribution in [1.82, 2.24) is 14.8 Å². The molecule has 2 rings (SSSR count). The fourth-order valence-corrected chi connectivity index (χ4v) is 1.81. The van der Waals surface area contributed by atoms with E-state index in [9.17, 15) is 4.79 Å². The van der Waals surface area contributed by atoms with Crippen LogP contribution in [0.2, 0.25) is 0 Å². The Morgan fingerprint density at radius 2 is 2.10 bits per heavy atom. The Bertz CT molecular complexity index is 591. The van der Waals surface area contributed by atoms with E-state index in [0.717, 1.165) is 5.69 Å². The van der Waals surface area contributed by atoms with Crippen LogP contribution in [0.1, 0.15) is 35.9 Å². The van der Waals surface area contributed by atoms with Gasteiger partial charge in [0, 0.05) is 12.7 Å². The number of hydrogen-bond acceptors (Lipinski definition) is 4. The predicted octanol–water partition coefficient (Wildman–Crippen LogP) is 2.19. The molecular weight excluding hydrogens is 278 g/mol. The summed E-state index contributed by atoms with van der Waals surface area (Å²) in [4.78, 5) is 16.0. The zero-order valence-electron chi connectivity index (χ0n) is 11.6. The number of halogens is 1. The maximum absolute atomic E-state index is 12.0. The number of hydrogen-bond donors (Lipinski definition) is 2. The number of nitrogens with zero attached hydrogens (tertiary/aromatic N) is 3. The lowest BCUT2D eigenvalue weighted by Gasteiger charge is -2.02. The molecule has 2 aromatic rings. The van der Waals surface area contributed by atoms with Gasteiger partial charge in [-0.2, -0.15) is 5.10 Å². The first-order valence-corrected chi connectivity index (χ1v) is 6.04. The second-order valence-electron chi connectivity index (χ2n) is 4.66. The Labute approximate surface area is 123 Å². The van der Waals surface area contributed by atoms with Gasteiger partial charge in [0.25, 0.3) is 5.91 Å². The zero-order valence-corrected chi connectivity index (χ0v) is 12.4. The smallest absolute Gasteiger partial charge is 0.276 e. The van der Waals surface area contributed by atoms with Crippen LogP contribution in [0.25, 0.3) is 0 Å². The summed E-state index contributed by atoms with van der Waals surface area (Å²) in [5.41, 5.74) is 7.49. The first-order chi connectivity index (χ1) is 8.97. The van der Waals surface area contributed by atoms with Gasteiger partial charge in [-0.1, -0.05) is 13.8 Å². The van der Waals surface area contributed by atoms with Crippen LogP contribution in [-0.4, -0.2) is 20.7 Å². The van der Waals surface area contributed by atoms with E-state index in [4.69, 9.17) is 5.73 Å². The first-order valence-electron chi connectivity index (χ1n) is 6.04. The number of carbonyl (C=O) groups is 1. The van der Waals surface area contributed by atoms with E-state index in [1.165, 1.54) is 6.20 Å². The van der Waals surface area contributed by atoms with E-state index in [1.807, 2.05) is 7.05 Å². The van der Waals surface area contributed by atoms with Gasteiger partial charge in [-0.05, 0) is 24.1 Å². The van der Waals surface area contributed by atoms with Gasteiger partial charge in [0.05, 0.1) is 11.9 Å². The van der Waals surface area contributed by atoms with E-state index in [2.05, 4.69) is 29.2 Å². The average Bonchev–Trinajstić information content (AvgIpc) is 2.74. The fourth-order valence-electron chi connectivity index (χ4n) is 1.81. The number of nitrogens with one attached hydrogen (secondary N) is 1. The van der Waals surface area contributed by atoms with Crippen LogP contribution in [-0.2, 0) is 7.05 Å². The SMILES string of the molecule is CC(C)c1cc(C(=O)Nc2ccc(N)nc2)nn1C.Cl. The molecule has 0 saturated carbocycles. The third-order valence-electron chi connectivity index (χ3n) is 2.78. The van der Waals surface area contributed by atoms with Gasteiger partial charge in [-0.25, -0.2) is 4.98 Å². The molecule has 3 N–H and O–H groups in total. The van der Waals surface area contributed by atoms with Crippen LogP contribution in [0.15, 0.2) is 24.4 Å². The third kappa shape index (κ3) is 3.48. The van der Waals surface area contributed by atoms with Gasteiger partial charge >= 0.3 is 0 Å². The molecule has 2 heterocycles. The van der Waals surface area contributed by atoms with Crippen molar-refractivity contribution < 1.29 is 4.79 Å². The number of aromatic nitrogens is 3. The summed E-state index contributed by atoms with van der Waals surface area (Å²) >= 11 is 0. The third-order valence-corrected chi connectivity index (χ3v) is 2.78. The molecule has 0 aromatic carbocycles. The molecule has 1 amide bonds. The van der Waals surface area contributed by atoms with Crippen molar-refractivity contribution in [3.8, 4) is 0 Å². The lowest BCUT2D eigenvalue weighted by atomic mass is 10.1. The summed E-state index contributed by atoms with van der Waals surface area (Å²) in [6, 6.07) is 5.13. The number of nitrogens with two attached hydrogens (primary N) is 1. The van der Waals surface area contributed by atoms with Crippen molar-refractivity contribution in [1.29, 1.82) is 0 Å². The van der Waals surface area contributed by atoms with Crippen molar-refractivity contribution in [3.05, 3.63) is 35.8 Å². The molecule has 0 unspecified atom stereocenters. The van der Waals surface area contributed by atoms with E-state index in [0.29, 0.717) is 23.1 Å². The maximum atomic E-state index is 12.0. The second kappa shape index (κ2) is 6.38. The molecule has 7 heteroatoms. The van der Waals surface area contributed by atoms with Gasteiger partial charge in [0.2, 0.25) is 0 Å². The van der Waals surface area contributed by atoms with Crippen molar-refractivity contribution in [2.45, 2.75) is 19.8 Å². The summed E-state index contributed by atoms with van der Waals surface area (Å²) in [7, 11) is 1.83. The molecule has 0 aliphatic rings. The molecule has 0 aliphatic heterocycles. The van der Waals surface area contributed by atoms with Gasteiger partial charge in [0.15, 0.2) is 5.69 Å². The lowest BCUT2D eigenvalue weighted by molar-refractivity contribution is 0.102. The second-order valence-corrected chi connectivity index (χ2v) is 4.66. The minimum absolute atomic E-state index is 0. The van der Waals surface area contributed by atoms with Crippen LogP contribution in [0.3, 0.4) is 0 Å². The molecule has 2 aromatic heterocycles.